The Bertz CT molecular complexity index is 1250. The molecule has 1 amide bonds. The first-order valence-corrected chi connectivity index (χ1v) is 11.0. The summed E-state index contributed by atoms with van der Waals surface area (Å²) in [4.78, 5) is 17.2. The van der Waals surface area contributed by atoms with E-state index in [2.05, 4.69) is 10.9 Å². The van der Waals surface area contributed by atoms with Crippen LogP contribution in [0.4, 0.5) is 0 Å². The summed E-state index contributed by atoms with van der Waals surface area (Å²) in [5, 5.41) is 0.506. The number of carbonyl (C=O) groups excluding carboxylic acids is 1. The van der Waals surface area contributed by atoms with Crippen LogP contribution in [0.1, 0.15) is 5.56 Å². The van der Waals surface area contributed by atoms with Crippen LogP contribution in [-0.4, -0.2) is 25.1 Å². The van der Waals surface area contributed by atoms with Crippen molar-refractivity contribution >= 4 is 48.9 Å². The highest BCUT2D eigenvalue weighted by molar-refractivity contribution is 7.90. The Morgan fingerprint density at radius 1 is 1.30 bits per heavy atom. The smallest absolute Gasteiger partial charge is 0.252 e. The number of terminal acetylenes is 1. The average Bonchev–Trinajstić information content (AvgIpc) is 2.93. The second-order valence-corrected chi connectivity index (χ2v) is 9.28. The zero-order chi connectivity index (χ0) is 19.6. The quantitative estimate of drug-likeness (QED) is 0.611. The number of hydrogen-bond donors (Lipinski definition) is 0. The van der Waals surface area contributed by atoms with Crippen molar-refractivity contribution in [2.75, 3.05) is 6.26 Å². The van der Waals surface area contributed by atoms with Gasteiger partial charge in [0.15, 0.2) is 14.6 Å². The third-order valence-corrected chi connectivity index (χ3v) is 6.37. The normalized spacial score (nSPS) is 12.3. The summed E-state index contributed by atoms with van der Waals surface area (Å²) in [6, 6.07) is 11.9. The monoisotopic (exact) mass is 418 g/mol. The molecule has 0 bridgehead atoms. The first-order chi connectivity index (χ1) is 12.8. The number of carbonyl (C=O) groups is 1. The summed E-state index contributed by atoms with van der Waals surface area (Å²) >= 11 is 7.32. The fourth-order valence-electron chi connectivity index (χ4n) is 2.56. The van der Waals surface area contributed by atoms with Crippen molar-refractivity contribution in [2.24, 2.45) is 4.99 Å². The van der Waals surface area contributed by atoms with Gasteiger partial charge in [0.25, 0.3) is 5.91 Å². The number of aromatic nitrogens is 1. The summed E-state index contributed by atoms with van der Waals surface area (Å²) < 4.78 is 26.0. The SMILES string of the molecule is C#CCn1c(=NC(=O)Cc2ccccc2Cl)sc2cc(S(C)(=O)=O)ccc21. The van der Waals surface area contributed by atoms with Gasteiger partial charge in [-0.15, -0.1) is 6.42 Å². The topological polar surface area (TPSA) is 68.5 Å². The van der Waals surface area contributed by atoms with Crippen molar-refractivity contribution in [3.63, 3.8) is 0 Å². The lowest BCUT2D eigenvalue weighted by Gasteiger charge is -2.02. The van der Waals surface area contributed by atoms with Crippen molar-refractivity contribution < 1.29 is 13.2 Å². The Balaban J connectivity index is 2.08. The number of halogens is 1. The molecule has 0 aliphatic carbocycles. The zero-order valence-electron chi connectivity index (χ0n) is 14.3. The van der Waals surface area contributed by atoms with Gasteiger partial charge in [0.05, 0.1) is 28.1 Å². The van der Waals surface area contributed by atoms with E-state index >= 15 is 0 Å². The van der Waals surface area contributed by atoms with Crippen molar-refractivity contribution in [2.45, 2.75) is 17.9 Å². The van der Waals surface area contributed by atoms with E-state index in [-0.39, 0.29) is 23.8 Å². The predicted octanol–water partition coefficient (Wildman–Crippen LogP) is 3.06. The second kappa shape index (κ2) is 7.69. The first kappa shape index (κ1) is 19.4. The highest BCUT2D eigenvalue weighted by atomic mass is 35.5. The molecule has 0 saturated carbocycles. The summed E-state index contributed by atoms with van der Waals surface area (Å²) in [7, 11) is -3.33. The van der Waals surface area contributed by atoms with Gasteiger partial charge in [-0.05, 0) is 29.8 Å². The molecule has 1 heterocycles. The number of hydrogen-bond acceptors (Lipinski definition) is 4. The van der Waals surface area contributed by atoms with Crippen LogP contribution in [-0.2, 0) is 27.6 Å². The van der Waals surface area contributed by atoms with E-state index in [4.69, 9.17) is 18.0 Å². The minimum Gasteiger partial charge on any atom is -0.305 e. The molecule has 0 radical (unpaired) electrons. The first-order valence-electron chi connectivity index (χ1n) is 7.87. The van der Waals surface area contributed by atoms with E-state index < -0.39 is 9.84 Å². The number of amides is 1. The van der Waals surface area contributed by atoms with Crippen LogP contribution in [0.3, 0.4) is 0 Å². The molecule has 0 atom stereocenters. The molecule has 0 unspecified atom stereocenters. The van der Waals surface area contributed by atoms with Gasteiger partial charge in [0.1, 0.15) is 0 Å². The van der Waals surface area contributed by atoms with Crippen molar-refractivity contribution in [1.82, 2.24) is 4.57 Å². The molecule has 0 aliphatic heterocycles. The number of rotatable bonds is 4. The maximum absolute atomic E-state index is 12.4. The van der Waals surface area contributed by atoms with Gasteiger partial charge in [0.2, 0.25) is 0 Å². The maximum atomic E-state index is 12.4. The Morgan fingerprint density at radius 2 is 2.04 bits per heavy atom. The standard InChI is InChI=1S/C19H15ClN2O3S2/c1-3-10-22-16-9-8-14(27(2,24)25)12-17(16)26-19(22)21-18(23)11-13-6-4-5-7-15(13)20/h1,4-9,12H,10-11H2,2H3. The van der Waals surface area contributed by atoms with Gasteiger partial charge in [0, 0.05) is 11.3 Å². The average molecular weight is 419 g/mol. The van der Waals surface area contributed by atoms with Gasteiger partial charge < -0.3 is 4.57 Å². The number of sulfone groups is 1. The number of thiazole rings is 1. The van der Waals surface area contributed by atoms with Crippen LogP contribution >= 0.6 is 22.9 Å². The number of nitrogens with zero attached hydrogens (tertiary/aromatic N) is 2. The molecule has 3 aromatic rings. The lowest BCUT2D eigenvalue weighted by atomic mass is 10.1. The molecule has 138 valence electrons. The molecule has 0 fully saturated rings. The molecule has 3 rings (SSSR count). The molecule has 2 aromatic carbocycles. The Morgan fingerprint density at radius 3 is 2.70 bits per heavy atom. The van der Waals surface area contributed by atoms with E-state index in [1.807, 2.05) is 0 Å². The van der Waals surface area contributed by atoms with Crippen LogP contribution in [0, 0.1) is 12.3 Å². The van der Waals surface area contributed by atoms with Crippen LogP contribution < -0.4 is 4.80 Å². The molecule has 27 heavy (non-hydrogen) atoms. The van der Waals surface area contributed by atoms with E-state index in [0.29, 0.717) is 20.1 Å². The molecule has 8 heteroatoms. The van der Waals surface area contributed by atoms with Crippen molar-refractivity contribution in [3.05, 3.63) is 57.9 Å². The Labute approximate surface area is 165 Å². The molecule has 5 nitrogen and oxygen atoms in total. The van der Waals surface area contributed by atoms with E-state index in [9.17, 15) is 13.2 Å². The van der Waals surface area contributed by atoms with Crippen LogP contribution in [0.5, 0.6) is 0 Å². The van der Waals surface area contributed by atoms with Crippen LogP contribution in [0.2, 0.25) is 5.02 Å². The fourth-order valence-corrected chi connectivity index (χ4v) is 4.57. The molecule has 0 spiro atoms. The van der Waals surface area contributed by atoms with Gasteiger partial charge in [-0.25, -0.2) is 8.42 Å². The highest BCUT2D eigenvalue weighted by Crippen LogP contribution is 2.22. The van der Waals surface area contributed by atoms with Crippen molar-refractivity contribution in [3.8, 4) is 12.3 Å². The summed E-state index contributed by atoms with van der Waals surface area (Å²) in [5.41, 5.74) is 1.42. The highest BCUT2D eigenvalue weighted by Gasteiger charge is 2.13. The second-order valence-electron chi connectivity index (χ2n) is 5.85. The molecule has 1 aromatic heterocycles. The van der Waals surface area contributed by atoms with E-state index in [0.717, 1.165) is 11.8 Å². The molecular formula is C19H15ClN2O3S2. The summed E-state index contributed by atoms with van der Waals surface area (Å²) in [6.07, 6.45) is 6.66. The lowest BCUT2D eigenvalue weighted by Crippen LogP contribution is -2.17. The molecule has 0 N–H and O–H groups in total. The van der Waals surface area contributed by atoms with Crippen LogP contribution in [0.25, 0.3) is 10.2 Å². The Kier molecular flexibility index (Phi) is 5.51. The lowest BCUT2D eigenvalue weighted by molar-refractivity contribution is -0.117. The minimum atomic E-state index is -3.33. The predicted molar refractivity (Wildman–Crippen MR) is 107 cm³/mol. The summed E-state index contributed by atoms with van der Waals surface area (Å²) in [6.45, 7) is 0.219. The minimum absolute atomic E-state index is 0.0680. The van der Waals surface area contributed by atoms with Crippen LogP contribution in [0.15, 0.2) is 52.4 Å². The zero-order valence-corrected chi connectivity index (χ0v) is 16.7. The van der Waals surface area contributed by atoms with E-state index in [1.165, 1.54) is 17.4 Å². The summed E-state index contributed by atoms with van der Waals surface area (Å²) in [5.74, 6) is 2.18. The maximum Gasteiger partial charge on any atom is 0.252 e. The fraction of sp³-hybridized carbons (Fsp3) is 0.158. The molecule has 0 saturated heterocycles. The molecule has 0 aliphatic rings. The van der Waals surface area contributed by atoms with Gasteiger partial charge in [-0.3, -0.25) is 4.79 Å². The Hall–Kier alpha value is -2.40. The van der Waals surface area contributed by atoms with Crippen molar-refractivity contribution in [1.29, 1.82) is 0 Å². The van der Waals surface area contributed by atoms with Gasteiger partial charge in [-0.2, -0.15) is 4.99 Å². The number of benzene rings is 2. The largest absolute Gasteiger partial charge is 0.305 e. The van der Waals surface area contributed by atoms with Gasteiger partial charge >= 0.3 is 0 Å². The van der Waals surface area contributed by atoms with Gasteiger partial charge in [-0.1, -0.05) is 47.1 Å². The number of fused-ring (bicyclic) bond motifs is 1. The third-order valence-electron chi connectivity index (χ3n) is 3.85. The van der Waals surface area contributed by atoms with E-state index in [1.54, 1.807) is 41.0 Å². The molecular weight excluding hydrogens is 404 g/mol. The third kappa shape index (κ3) is 4.30.